The maximum Gasteiger partial charge on any atom is 0.460 e. The molecule has 12 nitrogen and oxygen atoms in total. The quantitative estimate of drug-likeness (QED) is 0.0548. The van der Waals surface area contributed by atoms with Crippen LogP contribution in [0.1, 0.15) is 44.5 Å². The van der Waals surface area contributed by atoms with Crippen LogP contribution in [-0.4, -0.2) is 0 Å². The summed E-state index contributed by atoms with van der Waals surface area (Å²) in [5, 5.41) is 0. The maximum atomic E-state index is 7.46. The third-order valence-corrected chi connectivity index (χ3v) is 22.5. The second kappa shape index (κ2) is 25.2. The molecular formula is C64H56N4O8P4. The summed E-state index contributed by atoms with van der Waals surface area (Å²) in [5.41, 5.74) is 4.36. The Morgan fingerprint density at radius 1 is 0.200 bits per heavy atom. The topological polar surface area (TPSA) is 123 Å². The van der Waals surface area contributed by atoms with Crippen molar-refractivity contribution in [1.29, 1.82) is 0 Å². The van der Waals surface area contributed by atoms with Crippen LogP contribution in [0, 0.1) is 0 Å². The Hall–Kier alpha value is -9.00. The lowest BCUT2D eigenvalue weighted by molar-refractivity contribution is 0.442. The predicted molar refractivity (Wildman–Crippen MR) is 335 cm³/mol. The first-order valence-corrected chi connectivity index (χ1v) is 31.0. The van der Waals surface area contributed by atoms with E-state index in [1.54, 1.807) is 146 Å². The van der Waals surface area contributed by atoms with Gasteiger partial charge in [-0.05, 0) is 48.5 Å². The highest BCUT2D eigenvalue weighted by molar-refractivity contribution is 7.79. The van der Waals surface area contributed by atoms with Crippen molar-refractivity contribution >= 4 is 79.2 Å². The molecule has 0 atom stereocenters. The van der Waals surface area contributed by atoms with E-state index < -0.39 is 30.6 Å². The molecule has 80 heavy (non-hydrogen) atoms. The van der Waals surface area contributed by atoms with Crippen LogP contribution in [0.3, 0.4) is 0 Å². The summed E-state index contributed by atoms with van der Waals surface area (Å²) >= 11 is 0. The zero-order valence-corrected chi connectivity index (χ0v) is 47.2. The van der Waals surface area contributed by atoms with Gasteiger partial charge in [0.25, 0.3) is 0 Å². The fourth-order valence-electron chi connectivity index (χ4n) is 7.89. The molecule has 9 rings (SSSR count). The third-order valence-electron chi connectivity index (χ3n) is 11.8. The molecule has 0 unspecified atom stereocenters. The van der Waals surface area contributed by atoms with Crippen molar-refractivity contribution in [2.45, 2.75) is 0 Å². The van der Waals surface area contributed by atoms with E-state index in [-0.39, 0.29) is 46.0 Å². The zero-order chi connectivity index (χ0) is 56.0. The number of hydrogen-bond acceptors (Lipinski definition) is 12. The van der Waals surface area contributed by atoms with E-state index in [0.717, 1.165) is 0 Å². The Kier molecular flexibility index (Phi) is 17.6. The summed E-state index contributed by atoms with van der Waals surface area (Å²) in [6, 6.07) is 57.7. The summed E-state index contributed by atoms with van der Waals surface area (Å²) in [7, 11) is -19.1. The Morgan fingerprint density at radius 3 is 0.425 bits per heavy atom. The van der Waals surface area contributed by atoms with Crippen molar-refractivity contribution in [2.24, 2.45) is 18.1 Å². The smallest absolute Gasteiger partial charge is 0.413 e. The molecule has 0 spiro atoms. The van der Waals surface area contributed by atoms with Gasteiger partial charge in [0.2, 0.25) is 0 Å². The Morgan fingerprint density at radius 2 is 0.312 bits per heavy atom. The van der Waals surface area contributed by atoms with E-state index in [1.165, 1.54) is 0 Å². The van der Waals surface area contributed by atoms with Gasteiger partial charge in [0.1, 0.15) is 46.0 Å². The Labute approximate surface area is 468 Å². The summed E-state index contributed by atoms with van der Waals surface area (Å²) in [4.78, 5) is 0. The van der Waals surface area contributed by atoms with Crippen molar-refractivity contribution in [3.05, 3.63) is 291 Å². The van der Waals surface area contributed by atoms with E-state index in [2.05, 4.69) is 52.6 Å². The van der Waals surface area contributed by atoms with Crippen LogP contribution in [0.15, 0.2) is 265 Å². The molecule has 1 aliphatic rings. The molecule has 1 heterocycles. The third kappa shape index (κ3) is 12.6. The van der Waals surface area contributed by atoms with Crippen LogP contribution in [0.5, 0.6) is 46.0 Å². The average molecular weight is 1130 g/mol. The van der Waals surface area contributed by atoms with Crippen molar-refractivity contribution in [1.82, 2.24) is 0 Å². The zero-order valence-electron chi connectivity index (χ0n) is 43.6. The average Bonchev–Trinajstić information content (AvgIpc) is 3.47. The van der Waals surface area contributed by atoms with Crippen LogP contribution in [0.25, 0.3) is 48.6 Å². The summed E-state index contributed by atoms with van der Waals surface area (Å²) in [6.07, 6.45) is 13.1. The van der Waals surface area contributed by atoms with E-state index >= 15 is 0 Å². The van der Waals surface area contributed by atoms with Crippen molar-refractivity contribution < 1.29 is 36.2 Å². The van der Waals surface area contributed by atoms with E-state index in [9.17, 15) is 0 Å². The predicted octanol–water partition coefficient (Wildman–Crippen LogP) is 21.6. The minimum absolute atomic E-state index is 0.237. The first kappa shape index (κ1) is 55.7. The molecule has 0 fully saturated rings. The molecule has 8 aromatic rings. The minimum atomic E-state index is -4.79. The second-order valence-corrected chi connectivity index (χ2v) is 25.2. The van der Waals surface area contributed by atoms with Crippen molar-refractivity contribution in [2.75, 3.05) is 0 Å². The van der Waals surface area contributed by atoms with Gasteiger partial charge in [0.15, 0.2) is 0 Å². The summed E-state index contributed by atoms with van der Waals surface area (Å²) in [6.45, 7) is 33.2. The lowest BCUT2D eigenvalue weighted by Gasteiger charge is -2.34. The van der Waals surface area contributed by atoms with E-state index in [0.29, 0.717) is 44.5 Å². The van der Waals surface area contributed by atoms with Crippen molar-refractivity contribution in [3.8, 4) is 46.0 Å². The van der Waals surface area contributed by atoms with Crippen LogP contribution in [0.4, 0.5) is 0 Å². The number of benzene rings is 8. The van der Waals surface area contributed by atoms with Crippen molar-refractivity contribution in [3.63, 3.8) is 0 Å². The Bertz CT molecular complexity index is 3200. The minimum Gasteiger partial charge on any atom is -0.413 e. The van der Waals surface area contributed by atoms with Gasteiger partial charge < -0.3 is 36.2 Å². The van der Waals surface area contributed by atoms with Gasteiger partial charge in [-0.25, -0.2) is 0 Å². The summed E-state index contributed by atoms with van der Waals surface area (Å²) < 4.78 is 82.7. The summed E-state index contributed by atoms with van der Waals surface area (Å²) in [5.74, 6) is 1.89. The molecule has 1 aliphatic heterocycles. The van der Waals surface area contributed by atoms with Crippen LogP contribution >= 0.6 is 30.6 Å². The van der Waals surface area contributed by atoms with Gasteiger partial charge in [0, 0.05) is 44.5 Å². The van der Waals surface area contributed by atoms with Gasteiger partial charge in [-0.2, -0.15) is 0 Å². The molecule has 0 bridgehead atoms. The van der Waals surface area contributed by atoms with Gasteiger partial charge in [-0.15, -0.1) is 0 Å². The van der Waals surface area contributed by atoms with Crippen LogP contribution < -0.4 is 36.2 Å². The molecule has 0 saturated carbocycles. The monoisotopic (exact) mass is 1130 g/mol. The van der Waals surface area contributed by atoms with Gasteiger partial charge >= 0.3 is 30.6 Å². The van der Waals surface area contributed by atoms with E-state index in [1.807, 2.05) is 97.1 Å². The second-order valence-electron chi connectivity index (χ2n) is 17.0. The highest BCUT2D eigenvalue weighted by Crippen LogP contribution is 2.80. The number of nitrogens with zero attached hydrogens (tertiary/aromatic N) is 4. The standard InChI is InChI=1S/C64H56N4O8P4/c1-9-49-33-17-25-41-57(49)69-77(70-58-42-26-18-34-50(58)10-2)65-78(71-59-43-27-19-35-51(59)11-3,72-60-44-28-20-36-52(60)12-4)67-80(75-63-47-31-23-39-55(63)15-7,76-64-48-32-24-40-56(64)16-8)68-79(66-77,73-61-45-29-21-37-53(61)13-5)74-62-46-30-22-38-54(62)14-6/h9-48H,1-8H2. The maximum absolute atomic E-state index is 7.46. The molecule has 0 N–H and O–H groups in total. The number of hydrogen-bond donors (Lipinski definition) is 0. The molecular weight excluding hydrogens is 1080 g/mol. The molecule has 0 aromatic heterocycles. The molecule has 400 valence electrons. The molecule has 0 amide bonds. The molecule has 8 aromatic carbocycles. The van der Waals surface area contributed by atoms with Gasteiger partial charge in [0.05, 0.1) is 0 Å². The fourth-order valence-corrected chi connectivity index (χ4v) is 20.2. The molecule has 0 radical (unpaired) electrons. The molecule has 0 saturated heterocycles. The molecule has 16 heteroatoms. The Balaban J connectivity index is 1.61. The van der Waals surface area contributed by atoms with Gasteiger partial charge in [-0.1, -0.05) is 265 Å². The highest BCUT2D eigenvalue weighted by Gasteiger charge is 2.50. The number of para-hydroxylation sites is 8. The fraction of sp³-hybridized carbons (Fsp3) is 0. The van der Waals surface area contributed by atoms with Gasteiger partial charge in [-0.3, -0.25) is 0 Å². The van der Waals surface area contributed by atoms with Crippen LogP contribution in [-0.2, 0) is 0 Å². The van der Waals surface area contributed by atoms with Crippen LogP contribution in [0.2, 0.25) is 0 Å². The highest BCUT2D eigenvalue weighted by atomic mass is 31.3. The first-order chi connectivity index (χ1) is 39.0. The lowest BCUT2D eigenvalue weighted by Crippen LogP contribution is -2.12. The van der Waals surface area contributed by atoms with E-state index in [4.69, 9.17) is 54.3 Å². The normalized spacial score (nSPS) is 14.2. The first-order valence-electron chi connectivity index (χ1n) is 24.9. The lowest BCUT2D eigenvalue weighted by atomic mass is 10.2. The molecule has 0 aliphatic carbocycles. The largest absolute Gasteiger partial charge is 0.460 e. The number of rotatable bonds is 24. The SMILES string of the molecule is C=Cc1ccccc1OP1(Oc2ccccc2C=C)=NP(Oc2ccccc2C=C)(Oc2ccccc2C=C)=NP(Oc2ccccc2C=C)(Oc2ccccc2C=C)=NP(Oc2ccccc2C=C)(Oc2ccccc2C=C)=N1.